The first-order chi connectivity index (χ1) is 8.63. The van der Waals surface area contributed by atoms with Crippen LogP contribution < -0.4 is 0 Å². The van der Waals surface area contributed by atoms with Crippen molar-refractivity contribution in [3.63, 3.8) is 0 Å². The van der Waals surface area contributed by atoms with E-state index in [4.69, 9.17) is 8.83 Å². The molecule has 2 heterocycles. The van der Waals surface area contributed by atoms with Crippen LogP contribution in [0.4, 0.5) is 0 Å². The molecule has 18 heavy (non-hydrogen) atoms. The van der Waals surface area contributed by atoms with Gasteiger partial charge in [-0.25, -0.2) is 0 Å². The Hall–Kier alpha value is -1.42. The highest BCUT2D eigenvalue weighted by Gasteiger charge is 2.02. The average Bonchev–Trinajstić information content (AvgIpc) is 2.93. The molecule has 0 aromatic carbocycles. The molecule has 4 heteroatoms. The summed E-state index contributed by atoms with van der Waals surface area (Å²) in [5.74, 6) is 2.63. The van der Waals surface area contributed by atoms with Crippen LogP contribution in [-0.2, 0) is 4.79 Å². The summed E-state index contributed by atoms with van der Waals surface area (Å²) in [6.45, 7) is 9.63. The van der Waals surface area contributed by atoms with Crippen LogP contribution in [0.3, 0.4) is 0 Å². The van der Waals surface area contributed by atoms with E-state index < -0.39 is 0 Å². The van der Waals surface area contributed by atoms with Crippen molar-refractivity contribution in [2.45, 2.75) is 39.5 Å². The van der Waals surface area contributed by atoms with Crippen LogP contribution in [0.2, 0.25) is 0 Å². The molecule has 0 aliphatic heterocycles. The van der Waals surface area contributed by atoms with Crippen LogP contribution in [0, 0.1) is 20.8 Å². The van der Waals surface area contributed by atoms with Gasteiger partial charge in [0.15, 0.2) is 5.62 Å². The smallest absolute Gasteiger partial charge is 0.181 e. The molecule has 0 radical (unpaired) electrons. The largest absolute Gasteiger partial charge is 0.470 e. The lowest BCUT2D eigenvalue weighted by Gasteiger charge is -1.85. The van der Waals surface area contributed by atoms with Gasteiger partial charge >= 0.3 is 0 Å². The van der Waals surface area contributed by atoms with Crippen molar-refractivity contribution in [3.8, 4) is 0 Å². The Balaban J connectivity index is 0.000000308. The number of thioether (sulfide) groups is 1. The van der Waals surface area contributed by atoms with Crippen LogP contribution in [0.5, 0.6) is 0 Å². The van der Waals surface area contributed by atoms with Crippen molar-refractivity contribution in [1.29, 1.82) is 0 Å². The van der Waals surface area contributed by atoms with Gasteiger partial charge in [0.1, 0.15) is 17.3 Å². The Morgan fingerprint density at radius 3 is 2.11 bits per heavy atom. The monoisotopic (exact) mass is 268 g/mol. The second-order valence-electron chi connectivity index (χ2n) is 3.22. The van der Waals surface area contributed by atoms with E-state index in [2.05, 4.69) is 0 Å². The summed E-state index contributed by atoms with van der Waals surface area (Å²) in [7, 11) is 0. The zero-order valence-corrected chi connectivity index (χ0v) is 12.3. The molecule has 0 unspecified atom stereocenters. The van der Waals surface area contributed by atoms with Gasteiger partial charge in [0.2, 0.25) is 0 Å². The van der Waals surface area contributed by atoms with Crippen molar-refractivity contribution in [3.05, 3.63) is 41.7 Å². The number of carbonyl (C=O) groups is 1. The van der Waals surface area contributed by atoms with Gasteiger partial charge in [-0.15, -0.1) is 0 Å². The number of hydrogen-bond donors (Lipinski definition) is 0. The lowest BCUT2D eigenvalue weighted by molar-refractivity contribution is 0.498. The fraction of sp³-hybridized carbons (Fsp3) is 0.357. The number of hydrogen-bond acceptors (Lipinski definition) is 4. The molecule has 2 aromatic heterocycles. The quantitative estimate of drug-likeness (QED) is 0.580. The van der Waals surface area contributed by atoms with E-state index in [0.29, 0.717) is 0 Å². The third kappa shape index (κ3) is 6.35. The van der Waals surface area contributed by atoms with Gasteiger partial charge < -0.3 is 8.83 Å². The van der Waals surface area contributed by atoms with Crippen LogP contribution in [0.15, 0.2) is 38.2 Å². The molecule has 0 bridgehead atoms. The van der Waals surface area contributed by atoms with Crippen molar-refractivity contribution in [1.82, 2.24) is 0 Å². The maximum absolute atomic E-state index is 10.1. The summed E-state index contributed by atoms with van der Waals surface area (Å²) < 4.78 is 10.0. The number of carbonyl (C=O) groups excluding carboxylic acids is 1. The first-order valence-corrected chi connectivity index (χ1v) is 6.69. The molecule has 2 aromatic rings. The SMILES string of the molecule is CC.Cc1cc(SC=O)c(C)o1.Cc1ccco1. The fourth-order valence-electron chi connectivity index (χ4n) is 1.14. The van der Waals surface area contributed by atoms with Crippen LogP contribution in [0.1, 0.15) is 31.1 Å². The lowest BCUT2D eigenvalue weighted by atomic mass is 10.4. The molecule has 0 atom stereocenters. The van der Waals surface area contributed by atoms with Gasteiger partial charge in [-0.1, -0.05) is 25.6 Å². The van der Waals surface area contributed by atoms with E-state index in [9.17, 15) is 4.79 Å². The average molecular weight is 268 g/mol. The maximum atomic E-state index is 10.1. The van der Waals surface area contributed by atoms with Gasteiger partial charge in [-0.05, 0) is 39.0 Å². The summed E-state index contributed by atoms with van der Waals surface area (Å²) in [5.41, 5.74) is 0.803. The summed E-state index contributed by atoms with van der Waals surface area (Å²) in [6, 6.07) is 5.64. The van der Waals surface area contributed by atoms with E-state index in [1.165, 1.54) is 0 Å². The Bertz CT molecular complexity index is 430. The minimum absolute atomic E-state index is 0.803. The maximum Gasteiger partial charge on any atom is 0.181 e. The zero-order valence-electron chi connectivity index (χ0n) is 11.5. The van der Waals surface area contributed by atoms with Gasteiger partial charge in [0, 0.05) is 0 Å². The van der Waals surface area contributed by atoms with Crippen molar-refractivity contribution >= 4 is 17.4 Å². The molecular weight excluding hydrogens is 248 g/mol. The van der Waals surface area contributed by atoms with Gasteiger partial charge in [0.05, 0.1) is 11.2 Å². The molecule has 3 nitrogen and oxygen atoms in total. The molecule has 0 amide bonds. The van der Waals surface area contributed by atoms with Gasteiger partial charge in [-0.2, -0.15) is 0 Å². The van der Waals surface area contributed by atoms with E-state index >= 15 is 0 Å². The zero-order chi connectivity index (χ0) is 14.0. The Labute approximate surface area is 113 Å². The van der Waals surface area contributed by atoms with Gasteiger partial charge in [-0.3, -0.25) is 4.79 Å². The summed E-state index contributed by atoms with van der Waals surface area (Å²) in [4.78, 5) is 11.0. The molecule has 100 valence electrons. The Morgan fingerprint density at radius 2 is 1.83 bits per heavy atom. The normalized spacial score (nSPS) is 8.72. The first-order valence-electron chi connectivity index (χ1n) is 5.81. The number of rotatable bonds is 2. The fourth-order valence-corrected chi connectivity index (χ4v) is 1.68. The molecule has 0 saturated heterocycles. The summed E-state index contributed by atoms with van der Waals surface area (Å²) in [5, 5.41) is 0. The van der Waals surface area contributed by atoms with E-state index in [-0.39, 0.29) is 0 Å². The molecule has 0 saturated carbocycles. The minimum atomic E-state index is 0.803. The summed E-state index contributed by atoms with van der Waals surface area (Å²) >= 11 is 1.15. The van der Waals surface area contributed by atoms with Crippen molar-refractivity contribution < 1.29 is 13.6 Å². The number of furan rings is 2. The lowest BCUT2D eigenvalue weighted by Crippen LogP contribution is -1.67. The topological polar surface area (TPSA) is 43.4 Å². The van der Waals surface area contributed by atoms with Gasteiger partial charge in [0.25, 0.3) is 0 Å². The third-order valence-electron chi connectivity index (χ3n) is 1.83. The highest BCUT2D eigenvalue weighted by Crippen LogP contribution is 2.23. The first kappa shape index (κ1) is 16.6. The summed E-state index contributed by atoms with van der Waals surface area (Å²) in [6.07, 6.45) is 1.66. The van der Waals surface area contributed by atoms with Crippen molar-refractivity contribution in [2.75, 3.05) is 0 Å². The highest BCUT2D eigenvalue weighted by molar-refractivity contribution is 8.11. The second-order valence-corrected chi connectivity index (χ2v) is 4.08. The number of aryl methyl sites for hydroxylation is 3. The van der Waals surface area contributed by atoms with Crippen LogP contribution >= 0.6 is 11.8 Å². The van der Waals surface area contributed by atoms with E-state index in [1.807, 2.05) is 52.8 Å². The molecular formula is C14H20O3S. The molecule has 2 rings (SSSR count). The Kier molecular flexibility index (Phi) is 8.84. The molecule has 0 aliphatic carbocycles. The molecule has 0 aliphatic rings. The van der Waals surface area contributed by atoms with Crippen LogP contribution in [0.25, 0.3) is 0 Å². The molecule has 0 fully saturated rings. The minimum Gasteiger partial charge on any atom is -0.470 e. The standard InChI is InChI=1S/C7H8O2S.C5H6O.C2H6/c1-5-3-7(10-4-8)6(2)9-5;1-5-3-2-4-6-5;1-2/h3-4H,1-2H3;2-4H,1H3;1-2H3. The van der Waals surface area contributed by atoms with Crippen LogP contribution in [-0.4, -0.2) is 5.62 Å². The molecule has 0 N–H and O–H groups in total. The third-order valence-corrected chi connectivity index (χ3v) is 2.59. The second kappa shape index (κ2) is 9.59. The van der Waals surface area contributed by atoms with E-state index in [1.54, 1.807) is 6.26 Å². The highest BCUT2D eigenvalue weighted by atomic mass is 32.2. The Morgan fingerprint density at radius 1 is 1.17 bits per heavy atom. The predicted octanol–water partition coefficient (Wildman–Crippen LogP) is 4.79. The predicted molar refractivity (Wildman–Crippen MR) is 75.6 cm³/mol. The van der Waals surface area contributed by atoms with Crippen molar-refractivity contribution in [2.24, 2.45) is 0 Å². The van der Waals surface area contributed by atoms with E-state index in [0.717, 1.165) is 39.6 Å². The molecule has 0 spiro atoms.